The molecule has 0 saturated carbocycles. The predicted molar refractivity (Wildman–Crippen MR) is 77.8 cm³/mol. The van der Waals surface area contributed by atoms with Gasteiger partial charge in [-0.2, -0.15) is 0 Å². The van der Waals surface area contributed by atoms with Crippen molar-refractivity contribution in [2.75, 3.05) is 32.8 Å². The highest BCUT2D eigenvalue weighted by molar-refractivity contribution is 6.32. The van der Waals surface area contributed by atoms with Crippen molar-refractivity contribution in [2.45, 2.75) is 44.9 Å². The molecular weight excluding hydrogens is 260 g/mol. The van der Waals surface area contributed by atoms with Crippen LogP contribution in [0.15, 0.2) is 0 Å². The number of aliphatic hydroxyl groups is 1. The highest BCUT2D eigenvalue weighted by Crippen LogP contribution is 1.98. The number of carboxylic acid groups (broad SMARTS) is 1. The number of carbonyl (C=O) groups excluding carboxylic acids is 1. The zero-order valence-electron chi connectivity index (χ0n) is 12.2. The van der Waals surface area contributed by atoms with Crippen LogP contribution in [0.4, 0.5) is 0 Å². The first-order valence-corrected chi connectivity index (χ1v) is 7.47. The van der Waals surface area contributed by atoms with Crippen molar-refractivity contribution in [3.05, 3.63) is 0 Å². The Morgan fingerprint density at radius 3 is 1.75 bits per heavy atom. The third-order valence-corrected chi connectivity index (χ3v) is 2.99. The molecule has 4 N–H and O–H groups in total. The topological polar surface area (TPSA) is 98.7 Å². The van der Waals surface area contributed by atoms with Crippen molar-refractivity contribution >= 4 is 11.8 Å². The van der Waals surface area contributed by atoms with E-state index in [1.165, 1.54) is 6.42 Å². The summed E-state index contributed by atoms with van der Waals surface area (Å²) in [6.45, 7) is 3.53. The summed E-state index contributed by atoms with van der Waals surface area (Å²) in [5.74, 6) is -2.08. The largest absolute Gasteiger partial charge is 0.476 e. The van der Waals surface area contributed by atoms with Gasteiger partial charge in [0.05, 0.1) is 0 Å². The first-order chi connectivity index (χ1) is 9.68. The Bertz CT molecular complexity index is 260. The maximum Gasteiger partial charge on any atom is 0.372 e. The lowest BCUT2D eigenvalue weighted by Crippen LogP contribution is -2.23. The second-order valence-electron chi connectivity index (χ2n) is 4.82. The number of nitrogens with one attached hydrogen (secondary N) is 2. The van der Waals surface area contributed by atoms with E-state index in [-0.39, 0.29) is 13.0 Å². The maximum absolute atomic E-state index is 10.8. The van der Waals surface area contributed by atoms with Gasteiger partial charge in [0.2, 0.25) is 5.78 Å². The number of ketones is 1. The van der Waals surface area contributed by atoms with Crippen LogP contribution >= 0.6 is 0 Å². The second kappa shape index (κ2) is 14.4. The molecule has 6 heteroatoms. The van der Waals surface area contributed by atoms with Gasteiger partial charge in [-0.05, 0) is 45.3 Å². The molecule has 0 aliphatic rings. The number of carboxylic acids is 1. The minimum absolute atomic E-state index is 0.0626. The van der Waals surface area contributed by atoms with E-state index in [1.807, 2.05) is 0 Å². The third kappa shape index (κ3) is 13.5. The molecule has 0 radical (unpaired) electrons. The molecule has 0 aliphatic carbocycles. The number of aliphatic hydroxyl groups excluding tert-OH is 1. The number of aliphatic carboxylic acids is 1. The predicted octanol–water partition coefficient (Wildman–Crippen LogP) is 0.542. The molecule has 118 valence electrons. The van der Waals surface area contributed by atoms with Crippen molar-refractivity contribution in [3.63, 3.8) is 0 Å². The minimum Gasteiger partial charge on any atom is -0.476 e. The molecule has 0 heterocycles. The Balaban J connectivity index is 3.06. The number of rotatable bonds is 15. The Labute approximate surface area is 120 Å². The summed E-state index contributed by atoms with van der Waals surface area (Å²) in [5.41, 5.74) is 0. The highest BCUT2D eigenvalue weighted by atomic mass is 16.4. The van der Waals surface area contributed by atoms with Crippen LogP contribution in [0.25, 0.3) is 0 Å². The lowest BCUT2D eigenvalue weighted by atomic mass is 10.2. The van der Waals surface area contributed by atoms with Gasteiger partial charge in [0.25, 0.3) is 0 Å². The summed E-state index contributed by atoms with van der Waals surface area (Å²) < 4.78 is 0. The fraction of sp³-hybridized carbons (Fsp3) is 0.857. The summed E-state index contributed by atoms with van der Waals surface area (Å²) in [5, 5.41) is 23.4. The third-order valence-electron chi connectivity index (χ3n) is 2.99. The Morgan fingerprint density at radius 1 is 0.750 bits per heavy atom. The van der Waals surface area contributed by atoms with E-state index in [4.69, 9.17) is 10.2 Å². The normalized spacial score (nSPS) is 10.7. The Morgan fingerprint density at radius 2 is 1.25 bits per heavy atom. The molecule has 0 aliphatic heterocycles. The molecular formula is C14H28N2O4. The molecule has 0 atom stereocenters. The van der Waals surface area contributed by atoms with Crippen LogP contribution in [0.1, 0.15) is 44.9 Å². The van der Waals surface area contributed by atoms with E-state index in [9.17, 15) is 9.59 Å². The van der Waals surface area contributed by atoms with Crippen LogP contribution in [-0.2, 0) is 9.59 Å². The van der Waals surface area contributed by atoms with Crippen LogP contribution in [0.3, 0.4) is 0 Å². The number of Topliss-reactive ketones (excluding diaryl/α,β-unsaturated/α-hetero) is 1. The van der Waals surface area contributed by atoms with Crippen molar-refractivity contribution in [1.82, 2.24) is 10.6 Å². The van der Waals surface area contributed by atoms with Crippen LogP contribution in [0.5, 0.6) is 0 Å². The smallest absolute Gasteiger partial charge is 0.372 e. The van der Waals surface area contributed by atoms with Gasteiger partial charge in [0.15, 0.2) is 0 Å². The fourth-order valence-corrected chi connectivity index (χ4v) is 1.77. The summed E-state index contributed by atoms with van der Waals surface area (Å²) in [6.07, 6.45) is 6.45. The summed E-state index contributed by atoms with van der Waals surface area (Å²) >= 11 is 0. The summed E-state index contributed by atoms with van der Waals surface area (Å²) in [7, 11) is 0. The van der Waals surface area contributed by atoms with E-state index in [0.717, 1.165) is 51.7 Å². The second-order valence-corrected chi connectivity index (χ2v) is 4.82. The van der Waals surface area contributed by atoms with Crippen molar-refractivity contribution in [1.29, 1.82) is 0 Å². The molecule has 6 nitrogen and oxygen atoms in total. The quantitative estimate of drug-likeness (QED) is 0.259. The average molecular weight is 288 g/mol. The lowest BCUT2D eigenvalue weighted by Gasteiger charge is -2.05. The van der Waals surface area contributed by atoms with E-state index < -0.39 is 11.8 Å². The van der Waals surface area contributed by atoms with E-state index in [0.29, 0.717) is 6.54 Å². The number of carbonyl (C=O) groups is 2. The molecule has 0 amide bonds. The molecule has 0 aromatic rings. The van der Waals surface area contributed by atoms with Crippen molar-refractivity contribution in [2.24, 2.45) is 0 Å². The molecule has 0 rings (SSSR count). The number of unbranched alkanes of at least 4 members (excludes halogenated alkanes) is 4. The number of hydrogen-bond acceptors (Lipinski definition) is 5. The Kier molecular flexibility index (Phi) is 13.7. The van der Waals surface area contributed by atoms with Gasteiger partial charge >= 0.3 is 5.97 Å². The highest BCUT2D eigenvalue weighted by Gasteiger charge is 2.09. The lowest BCUT2D eigenvalue weighted by molar-refractivity contribution is -0.149. The van der Waals surface area contributed by atoms with Gasteiger partial charge in [0, 0.05) is 19.6 Å². The van der Waals surface area contributed by atoms with Crippen LogP contribution in [0.2, 0.25) is 0 Å². The SMILES string of the molecule is O=C(O)C(=O)CCNCCCCCCNCCCCO. The maximum atomic E-state index is 10.8. The van der Waals surface area contributed by atoms with Crippen LogP contribution in [-0.4, -0.2) is 54.8 Å². The molecule has 0 spiro atoms. The van der Waals surface area contributed by atoms with Crippen molar-refractivity contribution < 1.29 is 19.8 Å². The van der Waals surface area contributed by atoms with Gasteiger partial charge in [-0.1, -0.05) is 12.8 Å². The van der Waals surface area contributed by atoms with Gasteiger partial charge in [-0.15, -0.1) is 0 Å². The first-order valence-electron chi connectivity index (χ1n) is 7.47. The molecule has 0 unspecified atom stereocenters. The summed E-state index contributed by atoms with van der Waals surface area (Å²) in [4.78, 5) is 21.0. The first kappa shape index (κ1) is 19.0. The molecule has 20 heavy (non-hydrogen) atoms. The van der Waals surface area contributed by atoms with Gasteiger partial charge in [-0.25, -0.2) is 4.79 Å². The van der Waals surface area contributed by atoms with Crippen LogP contribution < -0.4 is 10.6 Å². The zero-order chi connectivity index (χ0) is 15.1. The van der Waals surface area contributed by atoms with Gasteiger partial charge in [-0.3, -0.25) is 4.79 Å². The monoisotopic (exact) mass is 288 g/mol. The molecule has 0 aromatic heterocycles. The number of hydrogen-bond donors (Lipinski definition) is 4. The van der Waals surface area contributed by atoms with Crippen molar-refractivity contribution in [3.8, 4) is 0 Å². The molecule has 0 bridgehead atoms. The fourth-order valence-electron chi connectivity index (χ4n) is 1.77. The van der Waals surface area contributed by atoms with Gasteiger partial charge < -0.3 is 20.8 Å². The average Bonchev–Trinajstić information content (AvgIpc) is 2.43. The minimum atomic E-state index is -1.35. The van der Waals surface area contributed by atoms with E-state index in [2.05, 4.69) is 10.6 Å². The standard InChI is InChI=1S/C14H28N2O4/c17-12-6-5-10-15-8-3-1-2-4-9-16-11-7-13(18)14(19)20/h15-17H,1-12H2,(H,19,20). The molecule has 0 aromatic carbocycles. The van der Waals surface area contributed by atoms with Crippen LogP contribution in [0, 0.1) is 0 Å². The Hall–Kier alpha value is -0.980. The van der Waals surface area contributed by atoms with E-state index >= 15 is 0 Å². The van der Waals surface area contributed by atoms with E-state index in [1.54, 1.807) is 0 Å². The zero-order valence-corrected chi connectivity index (χ0v) is 12.2. The van der Waals surface area contributed by atoms with Gasteiger partial charge in [0.1, 0.15) is 0 Å². The molecule has 0 saturated heterocycles. The summed E-state index contributed by atoms with van der Waals surface area (Å²) in [6, 6.07) is 0. The molecule has 0 fully saturated rings.